The highest BCUT2D eigenvalue weighted by atomic mass is 32.2. The lowest BCUT2D eigenvalue weighted by Gasteiger charge is -2.26. The average molecular weight is 292 g/mol. The van der Waals surface area contributed by atoms with Crippen LogP contribution in [-0.2, 0) is 14.6 Å². The van der Waals surface area contributed by atoms with Gasteiger partial charge in [0.05, 0.1) is 5.75 Å². The SMILES string of the molecule is C[C@@H](CS(=O)(=O)COCCCC(C)(C)C)C(C)(C)C. The molecule has 0 rings (SSSR count). The molecule has 0 aromatic carbocycles. The number of ether oxygens (including phenoxy) is 1. The van der Waals surface area contributed by atoms with Crippen molar-refractivity contribution in [2.24, 2.45) is 16.7 Å². The zero-order valence-electron chi connectivity index (χ0n) is 13.7. The Morgan fingerprint density at radius 2 is 1.58 bits per heavy atom. The van der Waals surface area contributed by atoms with E-state index in [2.05, 4.69) is 41.5 Å². The maximum absolute atomic E-state index is 11.9. The molecule has 0 spiro atoms. The van der Waals surface area contributed by atoms with Crippen molar-refractivity contribution in [2.45, 2.75) is 61.3 Å². The first-order valence-corrected chi connectivity index (χ1v) is 8.94. The molecule has 0 N–H and O–H groups in total. The molecule has 0 saturated carbocycles. The van der Waals surface area contributed by atoms with Crippen molar-refractivity contribution in [3.05, 3.63) is 0 Å². The van der Waals surface area contributed by atoms with Crippen molar-refractivity contribution < 1.29 is 13.2 Å². The summed E-state index contributed by atoms with van der Waals surface area (Å²) >= 11 is 0. The van der Waals surface area contributed by atoms with Gasteiger partial charge in [-0.1, -0.05) is 48.5 Å². The van der Waals surface area contributed by atoms with Crippen molar-refractivity contribution >= 4 is 9.84 Å². The molecule has 0 heterocycles. The molecule has 0 aliphatic rings. The van der Waals surface area contributed by atoms with Crippen molar-refractivity contribution in [1.29, 1.82) is 0 Å². The first kappa shape index (κ1) is 18.9. The standard InChI is InChI=1S/C15H32O3S/c1-13(15(5,6)7)11-19(16,17)12-18-10-8-9-14(2,3)4/h13H,8-12H2,1-7H3/t13-/m0/s1. The number of rotatable bonds is 7. The Labute approximate surface area is 120 Å². The summed E-state index contributed by atoms with van der Waals surface area (Å²) in [6.07, 6.45) is 1.96. The number of hydrogen-bond donors (Lipinski definition) is 0. The van der Waals surface area contributed by atoms with Gasteiger partial charge in [-0.3, -0.25) is 0 Å². The van der Waals surface area contributed by atoms with Crippen LogP contribution in [0.25, 0.3) is 0 Å². The normalized spacial score (nSPS) is 15.5. The van der Waals surface area contributed by atoms with Crippen LogP contribution >= 0.6 is 0 Å². The molecule has 1 atom stereocenters. The number of sulfone groups is 1. The minimum Gasteiger partial charge on any atom is -0.366 e. The second-order valence-corrected chi connectivity index (χ2v) is 9.92. The van der Waals surface area contributed by atoms with Crippen LogP contribution in [0, 0.1) is 16.7 Å². The van der Waals surface area contributed by atoms with Crippen LogP contribution < -0.4 is 0 Å². The summed E-state index contributed by atoms with van der Waals surface area (Å²) in [4.78, 5) is 0. The quantitative estimate of drug-likeness (QED) is 0.669. The molecule has 0 bridgehead atoms. The van der Waals surface area contributed by atoms with Gasteiger partial charge in [-0.15, -0.1) is 0 Å². The zero-order valence-corrected chi connectivity index (χ0v) is 14.6. The third-order valence-corrected chi connectivity index (χ3v) is 4.99. The summed E-state index contributed by atoms with van der Waals surface area (Å²) in [6, 6.07) is 0. The molecule has 0 aromatic rings. The fourth-order valence-electron chi connectivity index (χ4n) is 1.57. The van der Waals surface area contributed by atoms with Crippen LogP contribution in [0.5, 0.6) is 0 Å². The molecule has 0 amide bonds. The van der Waals surface area contributed by atoms with Crippen LogP contribution in [0.2, 0.25) is 0 Å². The molecule has 4 heteroatoms. The predicted octanol–water partition coefficient (Wildman–Crippen LogP) is 3.88. The van der Waals surface area contributed by atoms with Crippen LogP contribution in [0.1, 0.15) is 61.3 Å². The van der Waals surface area contributed by atoms with Crippen LogP contribution in [-0.4, -0.2) is 26.7 Å². The van der Waals surface area contributed by atoms with Crippen molar-refractivity contribution in [3.8, 4) is 0 Å². The van der Waals surface area contributed by atoms with E-state index in [4.69, 9.17) is 4.74 Å². The monoisotopic (exact) mass is 292 g/mol. The second-order valence-electron chi connectivity index (χ2n) is 7.87. The fraction of sp³-hybridized carbons (Fsp3) is 1.00. The Morgan fingerprint density at radius 1 is 1.05 bits per heavy atom. The van der Waals surface area contributed by atoms with Gasteiger partial charge in [0.25, 0.3) is 0 Å². The molecular formula is C15H32O3S. The summed E-state index contributed by atoms with van der Waals surface area (Å²) < 4.78 is 29.2. The summed E-state index contributed by atoms with van der Waals surface area (Å²) in [5, 5.41) is 0. The highest BCUT2D eigenvalue weighted by Crippen LogP contribution is 2.26. The Kier molecular flexibility index (Phi) is 7.04. The van der Waals surface area contributed by atoms with E-state index in [0.717, 1.165) is 12.8 Å². The van der Waals surface area contributed by atoms with Crippen molar-refractivity contribution in [3.63, 3.8) is 0 Å². The second kappa shape index (κ2) is 7.07. The Balaban J connectivity index is 4.00. The Bertz CT molecular complexity index is 345. The van der Waals surface area contributed by atoms with E-state index in [-0.39, 0.29) is 28.4 Å². The van der Waals surface area contributed by atoms with Crippen LogP contribution in [0.4, 0.5) is 0 Å². The molecule has 0 aromatic heterocycles. The van der Waals surface area contributed by atoms with Gasteiger partial charge in [0.2, 0.25) is 0 Å². The van der Waals surface area contributed by atoms with E-state index in [1.165, 1.54) is 0 Å². The zero-order chi connectivity index (χ0) is 15.3. The molecule has 0 radical (unpaired) electrons. The molecule has 3 nitrogen and oxygen atoms in total. The molecule has 0 saturated heterocycles. The lowest BCUT2D eigenvalue weighted by molar-refractivity contribution is 0.159. The van der Waals surface area contributed by atoms with Crippen LogP contribution in [0.3, 0.4) is 0 Å². The molecule has 0 unspecified atom stereocenters. The highest BCUT2D eigenvalue weighted by molar-refractivity contribution is 7.91. The maximum atomic E-state index is 11.9. The van der Waals surface area contributed by atoms with E-state index < -0.39 is 9.84 Å². The number of hydrogen-bond acceptors (Lipinski definition) is 3. The first-order valence-electron chi connectivity index (χ1n) is 7.12. The molecular weight excluding hydrogens is 260 g/mol. The van der Waals surface area contributed by atoms with E-state index in [0.29, 0.717) is 6.61 Å². The Hall–Kier alpha value is -0.0900. The fourth-order valence-corrected chi connectivity index (χ4v) is 3.30. The third-order valence-electron chi connectivity index (χ3n) is 3.46. The maximum Gasteiger partial charge on any atom is 0.174 e. The third kappa shape index (κ3) is 10.4. The van der Waals surface area contributed by atoms with Crippen LogP contribution in [0.15, 0.2) is 0 Å². The van der Waals surface area contributed by atoms with Gasteiger partial charge in [0.15, 0.2) is 9.84 Å². The van der Waals surface area contributed by atoms with Gasteiger partial charge < -0.3 is 4.74 Å². The lowest BCUT2D eigenvalue weighted by Crippen LogP contribution is -2.27. The highest BCUT2D eigenvalue weighted by Gasteiger charge is 2.25. The van der Waals surface area contributed by atoms with Gasteiger partial charge in [-0.05, 0) is 29.6 Å². The lowest BCUT2D eigenvalue weighted by atomic mass is 9.83. The van der Waals surface area contributed by atoms with E-state index >= 15 is 0 Å². The molecule has 19 heavy (non-hydrogen) atoms. The minimum atomic E-state index is -3.10. The first-order chi connectivity index (χ1) is 8.33. The molecule has 116 valence electrons. The van der Waals surface area contributed by atoms with Crippen molar-refractivity contribution in [1.82, 2.24) is 0 Å². The summed E-state index contributed by atoms with van der Waals surface area (Å²) in [6.45, 7) is 15.2. The molecule has 0 aliphatic carbocycles. The smallest absolute Gasteiger partial charge is 0.174 e. The molecule has 0 aliphatic heterocycles. The van der Waals surface area contributed by atoms with Gasteiger partial charge in [-0.25, -0.2) is 8.42 Å². The largest absolute Gasteiger partial charge is 0.366 e. The topological polar surface area (TPSA) is 43.4 Å². The van der Waals surface area contributed by atoms with E-state index in [1.54, 1.807) is 0 Å². The van der Waals surface area contributed by atoms with Gasteiger partial charge in [0.1, 0.15) is 5.94 Å². The Morgan fingerprint density at radius 3 is 2.00 bits per heavy atom. The van der Waals surface area contributed by atoms with Gasteiger partial charge in [0, 0.05) is 6.61 Å². The van der Waals surface area contributed by atoms with Gasteiger partial charge in [-0.2, -0.15) is 0 Å². The molecule has 0 fully saturated rings. The summed E-state index contributed by atoms with van der Waals surface area (Å²) in [5.41, 5.74) is 0.294. The average Bonchev–Trinajstić information content (AvgIpc) is 2.12. The van der Waals surface area contributed by atoms with E-state index in [9.17, 15) is 8.42 Å². The van der Waals surface area contributed by atoms with Crippen molar-refractivity contribution in [2.75, 3.05) is 18.3 Å². The summed E-state index contributed by atoms with van der Waals surface area (Å²) in [5.74, 6) is 0.198. The summed E-state index contributed by atoms with van der Waals surface area (Å²) in [7, 11) is -3.10. The van der Waals surface area contributed by atoms with E-state index in [1.807, 2.05) is 6.92 Å². The minimum absolute atomic E-state index is 0.0132. The van der Waals surface area contributed by atoms with Gasteiger partial charge >= 0.3 is 0 Å². The predicted molar refractivity (Wildman–Crippen MR) is 81.9 cm³/mol.